The molecule has 1 N–H and O–H groups in total. The van der Waals surface area contributed by atoms with Gasteiger partial charge in [-0.05, 0) is 13.0 Å². The molecule has 22 heavy (non-hydrogen) atoms. The number of fused-ring (bicyclic) bond motifs is 1. The first-order chi connectivity index (χ1) is 10.5. The van der Waals surface area contributed by atoms with Gasteiger partial charge < -0.3 is 5.32 Å². The van der Waals surface area contributed by atoms with Gasteiger partial charge >= 0.3 is 0 Å². The molecule has 3 aromatic heterocycles. The highest BCUT2D eigenvalue weighted by Gasteiger charge is 2.20. The Morgan fingerprint density at radius 2 is 2.18 bits per heavy atom. The van der Waals surface area contributed by atoms with Crippen molar-refractivity contribution in [3.05, 3.63) is 41.5 Å². The third-order valence-electron chi connectivity index (χ3n) is 3.05. The van der Waals surface area contributed by atoms with E-state index < -0.39 is 12.3 Å². The Balaban J connectivity index is 2.02. The summed E-state index contributed by atoms with van der Waals surface area (Å²) in [6, 6.07) is 2.86. The van der Waals surface area contributed by atoms with E-state index in [4.69, 9.17) is 0 Å². The lowest BCUT2D eigenvalue weighted by Gasteiger charge is -2.05. The molecule has 3 rings (SSSR count). The Morgan fingerprint density at radius 3 is 2.82 bits per heavy atom. The number of hydrogen-bond donors (Lipinski definition) is 1. The quantitative estimate of drug-likeness (QED) is 0.802. The van der Waals surface area contributed by atoms with E-state index in [-0.39, 0.29) is 16.9 Å². The second kappa shape index (κ2) is 5.17. The summed E-state index contributed by atoms with van der Waals surface area (Å²) < 4.78 is 28.6. The van der Waals surface area contributed by atoms with Crippen LogP contribution >= 0.6 is 0 Å². The van der Waals surface area contributed by atoms with Crippen molar-refractivity contribution in [2.75, 3.05) is 5.32 Å². The van der Waals surface area contributed by atoms with Crippen LogP contribution in [0.4, 0.5) is 14.6 Å². The maximum Gasteiger partial charge on any atom is 0.280 e. The normalized spacial score (nSPS) is 11.3. The molecule has 1 amide bonds. The van der Waals surface area contributed by atoms with Crippen LogP contribution in [-0.2, 0) is 7.05 Å². The largest absolute Gasteiger partial charge is 0.305 e. The highest BCUT2D eigenvalue weighted by atomic mass is 19.3. The van der Waals surface area contributed by atoms with Gasteiger partial charge in [0.2, 0.25) is 0 Å². The zero-order chi connectivity index (χ0) is 15.9. The van der Waals surface area contributed by atoms with Gasteiger partial charge in [0, 0.05) is 25.0 Å². The number of rotatable bonds is 3. The molecule has 0 aromatic carbocycles. The number of carbonyl (C=O) groups is 1. The Labute approximate surface area is 123 Å². The second-order valence-corrected chi connectivity index (χ2v) is 4.75. The van der Waals surface area contributed by atoms with Crippen LogP contribution in [0.25, 0.3) is 5.65 Å². The van der Waals surface area contributed by atoms with Gasteiger partial charge in [-0.1, -0.05) is 0 Å². The van der Waals surface area contributed by atoms with Gasteiger partial charge in [-0.2, -0.15) is 10.2 Å². The van der Waals surface area contributed by atoms with Crippen molar-refractivity contribution in [3.63, 3.8) is 0 Å². The van der Waals surface area contributed by atoms with Crippen LogP contribution in [0.5, 0.6) is 0 Å². The van der Waals surface area contributed by atoms with Crippen LogP contribution in [0, 0.1) is 6.92 Å². The number of anilines is 1. The summed E-state index contributed by atoms with van der Waals surface area (Å²) in [5.74, 6) is -0.152. The summed E-state index contributed by atoms with van der Waals surface area (Å²) in [5, 5.41) is 10.4. The van der Waals surface area contributed by atoms with Gasteiger partial charge in [0.05, 0.1) is 6.20 Å². The standard InChI is InChI=1S/C13H12F2N6O/c1-7-5-9(11(14)15)21-12(17-7)8(6-16-21)13(22)18-10-3-4-20(2)19-10/h3-6,11H,1-2H3,(H,18,19,22). The molecule has 0 spiro atoms. The van der Waals surface area contributed by atoms with E-state index in [1.54, 1.807) is 26.2 Å². The zero-order valence-corrected chi connectivity index (χ0v) is 11.8. The number of hydrogen-bond acceptors (Lipinski definition) is 4. The van der Waals surface area contributed by atoms with Crippen LogP contribution in [-0.4, -0.2) is 30.3 Å². The summed E-state index contributed by atoms with van der Waals surface area (Å²) in [6.07, 6.45) is 0.172. The summed E-state index contributed by atoms with van der Waals surface area (Å²) in [6.45, 7) is 1.58. The molecule has 0 aliphatic carbocycles. The molecular formula is C13H12F2N6O. The minimum atomic E-state index is -2.71. The minimum Gasteiger partial charge on any atom is -0.305 e. The average molecular weight is 306 g/mol. The third-order valence-corrected chi connectivity index (χ3v) is 3.05. The monoisotopic (exact) mass is 306 g/mol. The predicted octanol–water partition coefficient (Wildman–Crippen LogP) is 1.96. The fourth-order valence-corrected chi connectivity index (χ4v) is 2.09. The summed E-state index contributed by atoms with van der Waals surface area (Å²) in [7, 11) is 1.71. The Hall–Kier alpha value is -2.84. The van der Waals surface area contributed by atoms with E-state index >= 15 is 0 Å². The van der Waals surface area contributed by atoms with Gasteiger partial charge in [0.15, 0.2) is 11.5 Å². The molecule has 0 radical (unpaired) electrons. The van der Waals surface area contributed by atoms with E-state index in [1.807, 2.05) is 0 Å². The topological polar surface area (TPSA) is 77.1 Å². The molecule has 9 heteroatoms. The molecule has 0 unspecified atom stereocenters. The van der Waals surface area contributed by atoms with E-state index in [0.717, 1.165) is 4.52 Å². The molecule has 0 saturated heterocycles. The molecule has 0 bridgehead atoms. The molecule has 3 aromatic rings. The van der Waals surface area contributed by atoms with Crippen molar-refractivity contribution in [1.82, 2.24) is 24.4 Å². The fourth-order valence-electron chi connectivity index (χ4n) is 2.09. The number of halogens is 2. The van der Waals surface area contributed by atoms with Gasteiger partial charge in [0.25, 0.3) is 12.3 Å². The second-order valence-electron chi connectivity index (χ2n) is 4.75. The van der Waals surface area contributed by atoms with Crippen LogP contribution in [0.1, 0.15) is 28.2 Å². The van der Waals surface area contributed by atoms with E-state index in [2.05, 4.69) is 20.5 Å². The Morgan fingerprint density at radius 1 is 1.41 bits per heavy atom. The van der Waals surface area contributed by atoms with Crippen LogP contribution in [0.15, 0.2) is 24.5 Å². The van der Waals surface area contributed by atoms with Crippen molar-refractivity contribution in [2.45, 2.75) is 13.3 Å². The molecule has 114 valence electrons. The lowest BCUT2D eigenvalue weighted by Crippen LogP contribution is -2.13. The minimum absolute atomic E-state index is 0.0868. The maximum atomic E-state index is 13.0. The number of alkyl halides is 2. The van der Waals surface area contributed by atoms with Crippen molar-refractivity contribution in [3.8, 4) is 0 Å². The average Bonchev–Trinajstić information content (AvgIpc) is 3.03. The van der Waals surface area contributed by atoms with Crippen molar-refractivity contribution < 1.29 is 13.6 Å². The van der Waals surface area contributed by atoms with Crippen LogP contribution in [0.3, 0.4) is 0 Å². The van der Waals surface area contributed by atoms with Gasteiger partial charge in [-0.15, -0.1) is 0 Å². The lowest BCUT2D eigenvalue weighted by atomic mass is 10.3. The smallest absolute Gasteiger partial charge is 0.280 e. The van der Waals surface area contributed by atoms with Crippen molar-refractivity contribution >= 4 is 17.4 Å². The molecule has 0 atom stereocenters. The maximum absolute atomic E-state index is 13.0. The highest BCUT2D eigenvalue weighted by molar-refractivity contribution is 6.07. The Kier molecular flexibility index (Phi) is 3.32. The van der Waals surface area contributed by atoms with E-state index in [9.17, 15) is 13.6 Å². The van der Waals surface area contributed by atoms with Gasteiger partial charge in [0.1, 0.15) is 11.3 Å². The first-order valence-electron chi connectivity index (χ1n) is 6.40. The zero-order valence-electron chi connectivity index (χ0n) is 11.8. The lowest BCUT2D eigenvalue weighted by molar-refractivity contribution is 0.102. The molecule has 3 heterocycles. The molecule has 0 fully saturated rings. The van der Waals surface area contributed by atoms with E-state index in [1.165, 1.54) is 16.9 Å². The summed E-state index contributed by atoms with van der Waals surface area (Å²) in [5.41, 5.74) is 0.273. The number of aryl methyl sites for hydroxylation is 2. The molecular weight excluding hydrogens is 294 g/mol. The number of carbonyl (C=O) groups excluding carboxylic acids is 1. The molecule has 0 aliphatic heterocycles. The van der Waals surface area contributed by atoms with Crippen LogP contribution < -0.4 is 5.32 Å². The summed E-state index contributed by atoms with van der Waals surface area (Å²) in [4.78, 5) is 16.4. The fraction of sp³-hybridized carbons (Fsp3) is 0.231. The first kappa shape index (κ1) is 14.1. The number of aromatic nitrogens is 5. The van der Waals surface area contributed by atoms with Crippen molar-refractivity contribution in [1.29, 1.82) is 0 Å². The van der Waals surface area contributed by atoms with Crippen LogP contribution in [0.2, 0.25) is 0 Å². The summed E-state index contributed by atoms with van der Waals surface area (Å²) >= 11 is 0. The van der Waals surface area contributed by atoms with Gasteiger partial charge in [-0.25, -0.2) is 18.3 Å². The number of amides is 1. The Bertz CT molecular complexity index is 853. The number of nitrogens with zero attached hydrogens (tertiary/aromatic N) is 5. The highest BCUT2D eigenvalue weighted by Crippen LogP contribution is 2.22. The van der Waals surface area contributed by atoms with E-state index in [0.29, 0.717) is 11.5 Å². The molecule has 0 aliphatic rings. The number of nitrogens with one attached hydrogen (secondary N) is 1. The molecule has 7 nitrogen and oxygen atoms in total. The predicted molar refractivity (Wildman–Crippen MR) is 73.8 cm³/mol. The van der Waals surface area contributed by atoms with Crippen molar-refractivity contribution in [2.24, 2.45) is 7.05 Å². The molecule has 0 saturated carbocycles. The SMILES string of the molecule is Cc1cc(C(F)F)n2ncc(C(=O)Nc3ccn(C)n3)c2n1. The first-order valence-corrected chi connectivity index (χ1v) is 6.40. The third kappa shape index (κ3) is 2.41. The van der Waals surface area contributed by atoms with Gasteiger partial charge in [-0.3, -0.25) is 9.48 Å².